The third kappa shape index (κ3) is 3.53. The summed E-state index contributed by atoms with van der Waals surface area (Å²) in [6, 6.07) is 10.2. The van der Waals surface area contributed by atoms with Crippen LogP contribution in [0.4, 0.5) is 4.79 Å². The SMILES string of the molecule is CC(C)(C)N(Cc1ncccc1CN1C(=O)c2ccccc2C1=O)C(=O)O. The first-order valence-electron chi connectivity index (χ1n) is 8.58. The highest BCUT2D eigenvalue weighted by Crippen LogP contribution is 2.26. The summed E-state index contributed by atoms with van der Waals surface area (Å²) in [7, 11) is 0. The lowest BCUT2D eigenvalue weighted by molar-refractivity contribution is 0.0638. The molecule has 2 heterocycles. The fourth-order valence-electron chi connectivity index (χ4n) is 3.05. The summed E-state index contributed by atoms with van der Waals surface area (Å²) in [6.07, 6.45) is 0.518. The van der Waals surface area contributed by atoms with Crippen LogP contribution in [0.1, 0.15) is 52.7 Å². The van der Waals surface area contributed by atoms with E-state index < -0.39 is 11.6 Å². The van der Waals surface area contributed by atoms with Gasteiger partial charge >= 0.3 is 6.09 Å². The Morgan fingerprint density at radius 1 is 1.07 bits per heavy atom. The molecule has 27 heavy (non-hydrogen) atoms. The molecular formula is C20H21N3O4. The first-order chi connectivity index (χ1) is 12.7. The van der Waals surface area contributed by atoms with E-state index in [0.29, 0.717) is 22.4 Å². The number of carbonyl (C=O) groups excluding carboxylic acids is 2. The molecular weight excluding hydrogens is 346 g/mol. The number of pyridine rings is 1. The maximum absolute atomic E-state index is 12.6. The van der Waals surface area contributed by atoms with Gasteiger partial charge in [-0.15, -0.1) is 0 Å². The van der Waals surface area contributed by atoms with Crippen molar-refractivity contribution in [2.75, 3.05) is 0 Å². The Morgan fingerprint density at radius 2 is 1.67 bits per heavy atom. The maximum Gasteiger partial charge on any atom is 0.408 e. The molecule has 1 aliphatic rings. The molecule has 2 aromatic rings. The minimum Gasteiger partial charge on any atom is -0.465 e. The summed E-state index contributed by atoms with van der Waals surface area (Å²) in [5.41, 5.74) is 1.31. The first kappa shape index (κ1) is 18.6. The highest BCUT2D eigenvalue weighted by atomic mass is 16.4. The van der Waals surface area contributed by atoms with Crippen LogP contribution in [0, 0.1) is 0 Å². The van der Waals surface area contributed by atoms with Crippen LogP contribution in [0.5, 0.6) is 0 Å². The summed E-state index contributed by atoms with van der Waals surface area (Å²) in [5, 5.41) is 9.53. The standard InChI is InChI=1S/C20H21N3O4/c1-20(2,3)23(19(26)27)12-16-13(7-6-10-21-16)11-22-17(24)14-8-4-5-9-15(14)18(22)25/h4-10H,11-12H2,1-3H3,(H,26,27). The van der Waals surface area contributed by atoms with Crippen LogP contribution < -0.4 is 0 Å². The molecule has 7 heteroatoms. The van der Waals surface area contributed by atoms with E-state index in [0.717, 1.165) is 0 Å². The minimum absolute atomic E-state index is 0.0487. The lowest BCUT2D eigenvalue weighted by atomic mass is 10.1. The number of carbonyl (C=O) groups is 3. The summed E-state index contributed by atoms with van der Waals surface area (Å²) >= 11 is 0. The number of imide groups is 1. The number of nitrogens with zero attached hydrogens (tertiary/aromatic N) is 3. The van der Waals surface area contributed by atoms with Gasteiger partial charge in [0.05, 0.1) is 29.9 Å². The van der Waals surface area contributed by atoms with E-state index in [1.807, 2.05) is 0 Å². The van der Waals surface area contributed by atoms with E-state index in [9.17, 15) is 19.5 Å². The smallest absolute Gasteiger partial charge is 0.408 e. The molecule has 0 radical (unpaired) electrons. The van der Waals surface area contributed by atoms with Crippen molar-refractivity contribution >= 4 is 17.9 Å². The van der Waals surface area contributed by atoms with Gasteiger partial charge in [-0.25, -0.2) is 4.79 Å². The zero-order chi connectivity index (χ0) is 19.8. The van der Waals surface area contributed by atoms with Crippen LogP contribution in [0.3, 0.4) is 0 Å². The molecule has 140 valence electrons. The van der Waals surface area contributed by atoms with Gasteiger partial charge in [-0.2, -0.15) is 0 Å². The molecule has 0 fully saturated rings. The topological polar surface area (TPSA) is 90.8 Å². The molecule has 3 amide bonds. The average Bonchev–Trinajstić information content (AvgIpc) is 2.85. The van der Waals surface area contributed by atoms with Crippen LogP contribution in [-0.2, 0) is 13.1 Å². The van der Waals surface area contributed by atoms with Crippen LogP contribution in [0.25, 0.3) is 0 Å². The molecule has 0 bridgehead atoms. The quantitative estimate of drug-likeness (QED) is 0.838. The number of hydrogen-bond donors (Lipinski definition) is 1. The van der Waals surface area contributed by atoms with Gasteiger partial charge in [-0.1, -0.05) is 18.2 Å². The zero-order valence-electron chi connectivity index (χ0n) is 15.5. The van der Waals surface area contributed by atoms with Crippen molar-refractivity contribution in [2.24, 2.45) is 0 Å². The molecule has 0 aliphatic carbocycles. The molecule has 0 saturated carbocycles. The molecule has 1 aromatic heterocycles. The number of carboxylic acid groups (broad SMARTS) is 1. The van der Waals surface area contributed by atoms with E-state index in [-0.39, 0.29) is 24.9 Å². The Hall–Kier alpha value is -3.22. The Kier molecular flexibility index (Phi) is 4.70. The van der Waals surface area contributed by atoms with Crippen LogP contribution >= 0.6 is 0 Å². The molecule has 0 atom stereocenters. The van der Waals surface area contributed by atoms with E-state index >= 15 is 0 Å². The van der Waals surface area contributed by atoms with Crippen LogP contribution in [0.15, 0.2) is 42.6 Å². The number of hydrogen-bond acceptors (Lipinski definition) is 4. The Labute approximate surface area is 157 Å². The van der Waals surface area contributed by atoms with Gasteiger partial charge in [0.25, 0.3) is 11.8 Å². The van der Waals surface area contributed by atoms with Gasteiger partial charge in [0.2, 0.25) is 0 Å². The van der Waals surface area contributed by atoms with Crippen LogP contribution in [-0.4, -0.2) is 43.3 Å². The van der Waals surface area contributed by atoms with Crippen molar-refractivity contribution in [3.8, 4) is 0 Å². The number of benzene rings is 1. The molecule has 0 saturated heterocycles. The minimum atomic E-state index is -1.06. The monoisotopic (exact) mass is 367 g/mol. The molecule has 7 nitrogen and oxygen atoms in total. The molecule has 0 spiro atoms. The second-order valence-electron chi connectivity index (χ2n) is 7.39. The fourth-order valence-corrected chi connectivity index (χ4v) is 3.05. The van der Waals surface area contributed by atoms with Gasteiger partial charge in [-0.3, -0.25) is 24.4 Å². The molecule has 3 rings (SSSR count). The first-order valence-corrected chi connectivity index (χ1v) is 8.58. The lowest BCUT2D eigenvalue weighted by Gasteiger charge is -2.33. The van der Waals surface area contributed by atoms with Gasteiger partial charge < -0.3 is 5.11 Å². The third-order valence-corrected chi connectivity index (χ3v) is 4.54. The van der Waals surface area contributed by atoms with Crippen molar-refractivity contribution < 1.29 is 19.5 Å². The van der Waals surface area contributed by atoms with Crippen molar-refractivity contribution in [1.29, 1.82) is 0 Å². The van der Waals surface area contributed by atoms with Gasteiger partial charge in [-0.05, 0) is 44.5 Å². The zero-order valence-corrected chi connectivity index (χ0v) is 15.5. The highest BCUT2D eigenvalue weighted by molar-refractivity contribution is 6.21. The number of amides is 3. The number of rotatable bonds is 4. The highest BCUT2D eigenvalue weighted by Gasteiger charge is 2.36. The molecule has 1 aromatic carbocycles. The van der Waals surface area contributed by atoms with E-state index in [1.165, 1.54) is 9.80 Å². The van der Waals surface area contributed by atoms with Gasteiger partial charge in [0, 0.05) is 11.7 Å². The maximum atomic E-state index is 12.6. The predicted octanol–water partition coefficient (Wildman–Crippen LogP) is 3.16. The van der Waals surface area contributed by atoms with Crippen molar-refractivity contribution in [1.82, 2.24) is 14.8 Å². The lowest BCUT2D eigenvalue weighted by Crippen LogP contribution is -2.44. The van der Waals surface area contributed by atoms with Crippen molar-refractivity contribution in [3.63, 3.8) is 0 Å². The van der Waals surface area contributed by atoms with E-state index in [4.69, 9.17) is 0 Å². The Balaban J connectivity index is 1.89. The Morgan fingerprint density at radius 3 is 2.19 bits per heavy atom. The second kappa shape index (κ2) is 6.83. The third-order valence-electron chi connectivity index (χ3n) is 4.54. The van der Waals surface area contributed by atoms with Crippen molar-refractivity contribution in [2.45, 2.75) is 39.4 Å². The average molecular weight is 367 g/mol. The van der Waals surface area contributed by atoms with Crippen LogP contribution in [0.2, 0.25) is 0 Å². The van der Waals surface area contributed by atoms with Gasteiger partial charge in [0.1, 0.15) is 0 Å². The van der Waals surface area contributed by atoms with Gasteiger partial charge in [0.15, 0.2) is 0 Å². The molecule has 1 N–H and O–H groups in total. The number of aromatic nitrogens is 1. The van der Waals surface area contributed by atoms with E-state index in [2.05, 4.69) is 4.98 Å². The second-order valence-corrected chi connectivity index (χ2v) is 7.39. The molecule has 0 unspecified atom stereocenters. The van der Waals surface area contributed by atoms with E-state index in [1.54, 1.807) is 63.4 Å². The van der Waals surface area contributed by atoms with Crippen molar-refractivity contribution in [3.05, 3.63) is 65.0 Å². The molecule has 1 aliphatic heterocycles. The normalized spacial score (nSPS) is 13.7. The summed E-state index contributed by atoms with van der Waals surface area (Å²) in [4.78, 5) is 43.6. The summed E-state index contributed by atoms with van der Waals surface area (Å²) < 4.78 is 0. The number of fused-ring (bicyclic) bond motifs is 1. The fraction of sp³-hybridized carbons (Fsp3) is 0.300. The summed E-state index contributed by atoms with van der Waals surface area (Å²) in [6.45, 7) is 5.51. The largest absolute Gasteiger partial charge is 0.465 e. The predicted molar refractivity (Wildman–Crippen MR) is 98.2 cm³/mol. The summed E-state index contributed by atoms with van der Waals surface area (Å²) in [5.74, 6) is -0.701. The Bertz CT molecular complexity index is 882.